The zero-order chi connectivity index (χ0) is 14.8. The number of anilines is 2. The third-order valence-electron chi connectivity index (χ3n) is 2.89. The lowest BCUT2D eigenvalue weighted by atomic mass is 10.1. The molecule has 114 valence electrons. The van der Waals surface area contributed by atoms with E-state index in [1.54, 1.807) is 0 Å². The lowest BCUT2D eigenvalue weighted by molar-refractivity contribution is 0.292. The first-order valence-electron chi connectivity index (χ1n) is 7.56. The molecule has 0 aliphatic heterocycles. The van der Waals surface area contributed by atoms with Crippen LogP contribution in [0, 0.1) is 5.92 Å². The Kier molecular flexibility index (Phi) is 7.69. The van der Waals surface area contributed by atoms with E-state index in [0.717, 1.165) is 32.4 Å². The quantitative estimate of drug-likeness (QED) is 0.687. The van der Waals surface area contributed by atoms with E-state index in [-0.39, 0.29) is 0 Å². The van der Waals surface area contributed by atoms with Gasteiger partial charge in [0.25, 0.3) is 0 Å². The van der Waals surface area contributed by atoms with E-state index >= 15 is 0 Å². The fraction of sp³-hybridized carbons (Fsp3) is 0.786. The Hall–Kier alpha value is -1.59. The van der Waals surface area contributed by atoms with Crippen LogP contribution in [0.2, 0.25) is 0 Å². The van der Waals surface area contributed by atoms with Crippen molar-refractivity contribution in [2.75, 3.05) is 30.3 Å². The standard InChI is InChI=1S/C14H27N5O/c1-5-8-15-12-17-13(16-10-11(4)7-3)19-14(18-12)20-9-6-2/h11H,5-10H2,1-4H3,(H2,15,16,17,18,19). The molecule has 0 amide bonds. The summed E-state index contributed by atoms with van der Waals surface area (Å²) in [4.78, 5) is 12.9. The Morgan fingerprint density at radius 1 is 1.00 bits per heavy atom. The second-order valence-electron chi connectivity index (χ2n) is 4.93. The minimum Gasteiger partial charge on any atom is -0.463 e. The maximum absolute atomic E-state index is 5.51. The summed E-state index contributed by atoms with van der Waals surface area (Å²) in [5, 5.41) is 6.42. The molecule has 0 aliphatic carbocycles. The minimum absolute atomic E-state index is 0.382. The van der Waals surface area contributed by atoms with Gasteiger partial charge in [-0.3, -0.25) is 0 Å². The van der Waals surface area contributed by atoms with Crippen LogP contribution >= 0.6 is 0 Å². The molecule has 0 saturated heterocycles. The largest absolute Gasteiger partial charge is 0.463 e. The fourth-order valence-corrected chi connectivity index (χ4v) is 1.42. The van der Waals surface area contributed by atoms with E-state index in [9.17, 15) is 0 Å². The van der Waals surface area contributed by atoms with Gasteiger partial charge >= 0.3 is 6.01 Å². The number of rotatable bonds is 10. The maximum Gasteiger partial charge on any atom is 0.323 e. The molecule has 1 aromatic heterocycles. The summed E-state index contributed by atoms with van der Waals surface area (Å²) in [5.74, 6) is 1.73. The van der Waals surface area contributed by atoms with E-state index in [0.29, 0.717) is 30.4 Å². The smallest absolute Gasteiger partial charge is 0.323 e. The number of nitrogens with one attached hydrogen (secondary N) is 2. The molecule has 0 spiro atoms. The number of hydrogen-bond donors (Lipinski definition) is 2. The van der Waals surface area contributed by atoms with Crippen molar-refractivity contribution in [3.05, 3.63) is 0 Å². The van der Waals surface area contributed by atoms with Crippen molar-refractivity contribution < 1.29 is 4.74 Å². The normalized spacial score (nSPS) is 12.0. The maximum atomic E-state index is 5.51. The van der Waals surface area contributed by atoms with Crippen LogP contribution in [-0.4, -0.2) is 34.6 Å². The summed E-state index contributed by atoms with van der Waals surface area (Å²) in [6, 6.07) is 0.382. The monoisotopic (exact) mass is 281 g/mol. The molecule has 0 bridgehead atoms. The molecule has 1 rings (SSSR count). The average Bonchev–Trinajstić information content (AvgIpc) is 2.48. The SMILES string of the molecule is CCCNc1nc(NCC(C)CC)nc(OCCC)n1. The first-order chi connectivity index (χ1) is 9.69. The molecule has 1 aromatic rings. The molecule has 1 unspecified atom stereocenters. The Labute approximate surface area is 121 Å². The van der Waals surface area contributed by atoms with E-state index in [1.165, 1.54) is 0 Å². The van der Waals surface area contributed by atoms with Crippen LogP contribution in [0.15, 0.2) is 0 Å². The van der Waals surface area contributed by atoms with Crippen molar-refractivity contribution in [1.29, 1.82) is 0 Å². The zero-order valence-corrected chi connectivity index (χ0v) is 13.1. The Morgan fingerprint density at radius 2 is 1.70 bits per heavy atom. The Balaban J connectivity index is 2.73. The van der Waals surface area contributed by atoms with Gasteiger partial charge in [-0.1, -0.05) is 34.1 Å². The summed E-state index contributed by atoms with van der Waals surface area (Å²) in [6.45, 7) is 10.8. The van der Waals surface area contributed by atoms with Gasteiger partial charge in [0.05, 0.1) is 6.61 Å². The molecule has 20 heavy (non-hydrogen) atoms. The molecule has 0 fully saturated rings. The highest BCUT2D eigenvalue weighted by Crippen LogP contribution is 2.12. The highest BCUT2D eigenvalue weighted by molar-refractivity contribution is 5.35. The van der Waals surface area contributed by atoms with Gasteiger partial charge in [-0.15, -0.1) is 0 Å². The van der Waals surface area contributed by atoms with Crippen molar-refractivity contribution in [2.24, 2.45) is 5.92 Å². The van der Waals surface area contributed by atoms with Gasteiger partial charge in [0.1, 0.15) is 0 Å². The molecule has 6 heteroatoms. The highest BCUT2D eigenvalue weighted by atomic mass is 16.5. The van der Waals surface area contributed by atoms with Gasteiger partial charge in [-0.05, 0) is 18.8 Å². The predicted molar refractivity (Wildman–Crippen MR) is 82.3 cm³/mol. The lowest BCUT2D eigenvalue weighted by Gasteiger charge is -2.12. The van der Waals surface area contributed by atoms with E-state index < -0.39 is 0 Å². The second kappa shape index (κ2) is 9.34. The third-order valence-corrected chi connectivity index (χ3v) is 2.89. The summed E-state index contributed by atoms with van der Waals surface area (Å²) in [6.07, 6.45) is 3.07. The molecular formula is C14H27N5O. The third kappa shape index (κ3) is 6.04. The average molecular weight is 281 g/mol. The molecule has 1 heterocycles. The fourth-order valence-electron chi connectivity index (χ4n) is 1.42. The van der Waals surface area contributed by atoms with Gasteiger partial charge < -0.3 is 15.4 Å². The van der Waals surface area contributed by atoms with Gasteiger partial charge in [0, 0.05) is 13.1 Å². The van der Waals surface area contributed by atoms with E-state index in [4.69, 9.17) is 4.74 Å². The zero-order valence-electron chi connectivity index (χ0n) is 13.1. The summed E-state index contributed by atoms with van der Waals surface area (Å²) in [5.41, 5.74) is 0. The summed E-state index contributed by atoms with van der Waals surface area (Å²) in [7, 11) is 0. The minimum atomic E-state index is 0.382. The van der Waals surface area contributed by atoms with Crippen LogP contribution in [0.4, 0.5) is 11.9 Å². The number of hydrogen-bond acceptors (Lipinski definition) is 6. The van der Waals surface area contributed by atoms with Gasteiger partial charge in [0.2, 0.25) is 11.9 Å². The summed E-state index contributed by atoms with van der Waals surface area (Å²) < 4.78 is 5.51. The topological polar surface area (TPSA) is 72.0 Å². The highest BCUT2D eigenvalue weighted by Gasteiger charge is 2.08. The molecular weight excluding hydrogens is 254 g/mol. The molecule has 0 aromatic carbocycles. The molecule has 0 saturated carbocycles. The first kappa shape index (κ1) is 16.5. The Morgan fingerprint density at radius 3 is 2.30 bits per heavy atom. The molecule has 2 N–H and O–H groups in total. The number of nitrogens with zero attached hydrogens (tertiary/aromatic N) is 3. The van der Waals surface area contributed by atoms with Crippen molar-refractivity contribution >= 4 is 11.9 Å². The van der Waals surface area contributed by atoms with Crippen molar-refractivity contribution in [2.45, 2.75) is 47.0 Å². The van der Waals surface area contributed by atoms with Crippen molar-refractivity contribution in [3.8, 4) is 6.01 Å². The Bertz CT molecular complexity index is 360. The summed E-state index contributed by atoms with van der Waals surface area (Å²) >= 11 is 0. The molecule has 1 atom stereocenters. The van der Waals surface area contributed by atoms with Crippen LogP contribution in [0.5, 0.6) is 6.01 Å². The van der Waals surface area contributed by atoms with Gasteiger partial charge in [-0.25, -0.2) is 0 Å². The molecule has 6 nitrogen and oxygen atoms in total. The van der Waals surface area contributed by atoms with Crippen LogP contribution in [0.25, 0.3) is 0 Å². The van der Waals surface area contributed by atoms with E-state index in [2.05, 4.69) is 53.3 Å². The van der Waals surface area contributed by atoms with Crippen molar-refractivity contribution in [3.63, 3.8) is 0 Å². The van der Waals surface area contributed by atoms with Crippen LogP contribution in [0.3, 0.4) is 0 Å². The van der Waals surface area contributed by atoms with Crippen LogP contribution in [0.1, 0.15) is 47.0 Å². The molecule has 0 aliphatic rings. The van der Waals surface area contributed by atoms with Crippen LogP contribution in [-0.2, 0) is 0 Å². The van der Waals surface area contributed by atoms with Gasteiger partial charge in [0.15, 0.2) is 0 Å². The lowest BCUT2D eigenvalue weighted by Crippen LogP contribution is -2.15. The van der Waals surface area contributed by atoms with Crippen LogP contribution < -0.4 is 15.4 Å². The second-order valence-corrected chi connectivity index (χ2v) is 4.93. The number of aromatic nitrogens is 3. The van der Waals surface area contributed by atoms with E-state index in [1.807, 2.05) is 0 Å². The van der Waals surface area contributed by atoms with Crippen molar-refractivity contribution in [1.82, 2.24) is 15.0 Å². The van der Waals surface area contributed by atoms with Gasteiger partial charge in [-0.2, -0.15) is 15.0 Å². The number of ether oxygens (including phenoxy) is 1. The molecule has 0 radical (unpaired) electrons. The predicted octanol–water partition coefficient (Wildman–Crippen LogP) is 2.94. The first-order valence-corrected chi connectivity index (χ1v) is 7.56.